The van der Waals surface area contributed by atoms with E-state index in [2.05, 4.69) is 19.2 Å². The first kappa shape index (κ1) is 23.1. The number of rotatable bonds is 5. The summed E-state index contributed by atoms with van der Waals surface area (Å²) >= 11 is 4.80. The van der Waals surface area contributed by atoms with Crippen molar-refractivity contribution in [3.8, 4) is 5.75 Å². The third-order valence-corrected chi connectivity index (χ3v) is 6.93. The molecule has 2 aromatic carbocycles. The van der Waals surface area contributed by atoms with Crippen molar-refractivity contribution < 1.29 is 19.5 Å². The summed E-state index contributed by atoms with van der Waals surface area (Å²) in [5, 5.41) is 12.1. The highest BCUT2D eigenvalue weighted by Crippen LogP contribution is 2.34. The molecule has 0 spiro atoms. The molecule has 3 amide bonds. The molecule has 0 radical (unpaired) electrons. The fraction of sp³-hybridized carbons (Fsp3) is 0.190. The van der Waals surface area contributed by atoms with Crippen LogP contribution in [0.4, 0.5) is 10.5 Å². The molecule has 0 unspecified atom stereocenters. The molecule has 2 N–H and O–H groups in total. The lowest BCUT2D eigenvalue weighted by Gasteiger charge is -2.13. The van der Waals surface area contributed by atoms with Gasteiger partial charge in [-0.05, 0) is 104 Å². The van der Waals surface area contributed by atoms with Crippen LogP contribution in [0.15, 0.2) is 41.3 Å². The Labute approximate surface area is 205 Å². The number of phenolic OH excluding ortho intramolecular Hbond substituents is 1. The highest BCUT2D eigenvalue weighted by Gasteiger charge is 2.36. The first-order chi connectivity index (χ1) is 14.2. The lowest BCUT2D eigenvalue weighted by atomic mass is 10.0. The number of phenols is 1. The number of anilines is 1. The number of halogens is 2. The van der Waals surface area contributed by atoms with Crippen molar-refractivity contribution in [2.24, 2.45) is 0 Å². The van der Waals surface area contributed by atoms with Crippen molar-refractivity contribution in [2.75, 3.05) is 11.9 Å². The number of hydrogen-bond acceptors (Lipinski definition) is 5. The molecule has 6 nitrogen and oxygen atoms in total. The number of hydrogen-bond donors (Lipinski definition) is 2. The second-order valence-corrected chi connectivity index (χ2v) is 10.2. The average Bonchev–Trinajstić information content (AvgIpc) is 2.93. The van der Waals surface area contributed by atoms with Gasteiger partial charge in [0.05, 0.1) is 12.0 Å². The quantitative estimate of drug-likeness (QED) is 0.335. The van der Waals surface area contributed by atoms with E-state index in [1.165, 1.54) is 0 Å². The van der Waals surface area contributed by atoms with Crippen LogP contribution in [0.3, 0.4) is 0 Å². The zero-order valence-corrected chi connectivity index (χ0v) is 21.2. The summed E-state index contributed by atoms with van der Waals surface area (Å²) in [6.07, 6.45) is 1.59. The van der Waals surface area contributed by atoms with Crippen LogP contribution in [0.1, 0.15) is 30.9 Å². The fourth-order valence-electron chi connectivity index (χ4n) is 2.75. The number of thioether (sulfide) groups is 1. The van der Waals surface area contributed by atoms with Gasteiger partial charge in [-0.25, -0.2) is 0 Å². The lowest BCUT2D eigenvalue weighted by Crippen LogP contribution is -2.36. The largest absolute Gasteiger partial charge is 0.506 e. The van der Waals surface area contributed by atoms with E-state index < -0.39 is 17.1 Å². The van der Waals surface area contributed by atoms with Crippen molar-refractivity contribution in [3.05, 3.63) is 59.6 Å². The minimum Gasteiger partial charge on any atom is -0.506 e. The maximum Gasteiger partial charge on any atom is 0.294 e. The van der Waals surface area contributed by atoms with E-state index in [9.17, 15) is 19.5 Å². The third kappa shape index (κ3) is 5.35. The summed E-state index contributed by atoms with van der Waals surface area (Å²) in [5.74, 6) is -0.380. The number of carbonyl (C=O) groups excluding carboxylic acids is 3. The summed E-state index contributed by atoms with van der Waals surface area (Å²) in [7, 11) is 0. The van der Waals surface area contributed by atoms with Gasteiger partial charge in [0.2, 0.25) is 5.91 Å². The SMILES string of the molecule is CC(C)c1ccc(NC(=O)CN2C(=O)S/C(=C/c3cc(I)c(O)c(I)c3)C2=O)cc1. The smallest absolute Gasteiger partial charge is 0.294 e. The van der Waals surface area contributed by atoms with Crippen LogP contribution in [-0.4, -0.2) is 33.6 Å². The average molecular weight is 648 g/mol. The third-order valence-electron chi connectivity index (χ3n) is 4.37. The molecule has 9 heteroatoms. The summed E-state index contributed by atoms with van der Waals surface area (Å²) in [4.78, 5) is 38.5. The van der Waals surface area contributed by atoms with Crippen LogP contribution >= 0.6 is 56.9 Å². The van der Waals surface area contributed by atoms with E-state index in [1.807, 2.05) is 57.3 Å². The van der Waals surface area contributed by atoms with Gasteiger partial charge in [0.15, 0.2) is 0 Å². The first-order valence-corrected chi connectivity index (χ1v) is 12.0. The van der Waals surface area contributed by atoms with E-state index in [4.69, 9.17) is 0 Å². The van der Waals surface area contributed by atoms with Crippen LogP contribution in [0.2, 0.25) is 0 Å². The Morgan fingerprint density at radius 1 is 1.17 bits per heavy atom. The maximum absolute atomic E-state index is 12.6. The van der Waals surface area contributed by atoms with E-state index in [0.29, 0.717) is 24.3 Å². The number of amides is 3. The van der Waals surface area contributed by atoms with E-state index in [1.54, 1.807) is 30.3 Å². The number of imide groups is 1. The number of aromatic hydroxyl groups is 1. The van der Waals surface area contributed by atoms with Gasteiger partial charge in [0.25, 0.3) is 11.1 Å². The van der Waals surface area contributed by atoms with Gasteiger partial charge < -0.3 is 10.4 Å². The maximum atomic E-state index is 12.6. The summed E-state index contributed by atoms with van der Waals surface area (Å²) in [5.41, 5.74) is 2.46. The molecular formula is C21H18I2N2O4S. The molecule has 1 fully saturated rings. The van der Waals surface area contributed by atoms with Gasteiger partial charge in [0, 0.05) is 5.69 Å². The fourth-order valence-corrected chi connectivity index (χ4v) is 5.41. The van der Waals surface area contributed by atoms with Crippen LogP contribution in [0, 0.1) is 7.14 Å². The van der Waals surface area contributed by atoms with Crippen molar-refractivity contribution >= 4 is 85.8 Å². The van der Waals surface area contributed by atoms with Crippen LogP contribution in [-0.2, 0) is 9.59 Å². The predicted molar refractivity (Wildman–Crippen MR) is 135 cm³/mol. The molecule has 0 saturated carbocycles. The number of nitrogens with zero attached hydrogens (tertiary/aromatic N) is 1. The number of carbonyl (C=O) groups is 3. The zero-order valence-electron chi connectivity index (χ0n) is 16.1. The van der Waals surface area contributed by atoms with Crippen LogP contribution in [0.25, 0.3) is 6.08 Å². The standard InChI is InChI=1S/C21H18I2N2O4S/c1-11(2)13-3-5-14(6-4-13)24-18(26)10-25-20(28)17(30-21(25)29)9-12-7-15(22)19(27)16(23)8-12/h3-9,11,27H,10H2,1-2H3,(H,24,26)/b17-9+. The molecule has 1 aliphatic rings. The Balaban J connectivity index is 1.69. The summed E-state index contributed by atoms with van der Waals surface area (Å²) < 4.78 is 1.29. The molecule has 1 heterocycles. The monoisotopic (exact) mass is 648 g/mol. The molecule has 1 saturated heterocycles. The normalized spacial score (nSPS) is 15.4. The molecule has 0 aliphatic carbocycles. The molecule has 156 valence electrons. The molecule has 30 heavy (non-hydrogen) atoms. The Morgan fingerprint density at radius 3 is 2.33 bits per heavy atom. The Bertz CT molecular complexity index is 1030. The van der Waals surface area contributed by atoms with Gasteiger partial charge in [-0.2, -0.15) is 0 Å². The Morgan fingerprint density at radius 2 is 1.77 bits per heavy atom. The molecule has 0 atom stereocenters. The molecule has 0 bridgehead atoms. The zero-order chi connectivity index (χ0) is 22.0. The minimum absolute atomic E-state index is 0.180. The van der Waals surface area contributed by atoms with Gasteiger partial charge in [-0.1, -0.05) is 26.0 Å². The van der Waals surface area contributed by atoms with Crippen molar-refractivity contribution in [1.82, 2.24) is 4.90 Å². The van der Waals surface area contributed by atoms with E-state index in [-0.39, 0.29) is 17.2 Å². The van der Waals surface area contributed by atoms with Crippen LogP contribution in [0.5, 0.6) is 5.75 Å². The molecule has 1 aliphatic heterocycles. The second kappa shape index (κ2) is 9.69. The van der Waals surface area contributed by atoms with Crippen LogP contribution < -0.4 is 5.32 Å². The highest BCUT2D eigenvalue weighted by atomic mass is 127. The van der Waals surface area contributed by atoms with Crippen molar-refractivity contribution in [2.45, 2.75) is 19.8 Å². The number of benzene rings is 2. The first-order valence-electron chi connectivity index (χ1n) is 8.99. The number of nitrogens with one attached hydrogen (secondary N) is 1. The molecule has 2 aromatic rings. The van der Waals surface area contributed by atoms with Gasteiger partial charge in [-0.15, -0.1) is 0 Å². The molecule has 0 aromatic heterocycles. The van der Waals surface area contributed by atoms with E-state index in [0.717, 1.165) is 22.2 Å². The van der Waals surface area contributed by atoms with Gasteiger partial charge in [0.1, 0.15) is 12.3 Å². The second-order valence-electron chi connectivity index (χ2n) is 6.93. The Hall–Kier alpha value is -1.60. The van der Waals surface area contributed by atoms with Crippen molar-refractivity contribution in [1.29, 1.82) is 0 Å². The predicted octanol–water partition coefficient (Wildman–Crippen LogP) is 5.40. The minimum atomic E-state index is -0.506. The highest BCUT2D eigenvalue weighted by molar-refractivity contribution is 14.1. The topological polar surface area (TPSA) is 86.7 Å². The van der Waals surface area contributed by atoms with Crippen molar-refractivity contribution in [3.63, 3.8) is 0 Å². The molecular weight excluding hydrogens is 630 g/mol. The lowest BCUT2D eigenvalue weighted by molar-refractivity contribution is -0.127. The summed E-state index contributed by atoms with van der Waals surface area (Å²) in [6, 6.07) is 10.9. The molecule has 3 rings (SSSR count). The summed E-state index contributed by atoms with van der Waals surface area (Å²) in [6.45, 7) is 3.82. The van der Waals surface area contributed by atoms with E-state index >= 15 is 0 Å². The Kier molecular flexibility index (Phi) is 7.45. The van der Waals surface area contributed by atoms with Gasteiger partial charge >= 0.3 is 0 Å². The van der Waals surface area contributed by atoms with Gasteiger partial charge in [-0.3, -0.25) is 19.3 Å².